The Morgan fingerprint density at radius 3 is 2.37 bits per heavy atom. The fourth-order valence-electron chi connectivity index (χ4n) is 4.78. The Kier molecular flexibility index (Phi) is 8.32. The first kappa shape index (κ1) is 21.4. The van der Waals surface area contributed by atoms with Gasteiger partial charge in [-0.25, -0.2) is 0 Å². The molecule has 1 aliphatic carbocycles. The SMILES string of the molecule is CC(C)[C@H](CN1CCC(c2ccc(Cl)c(Cl)c2)CC1)NCCC1CCCC1. The molecular weight excluding hydrogens is 375 g/mol. The third kappa shape index (κ3) is 6.35. The first-order valence-corrected chi connectivity index (χ1v) is 11.7. The van der Waals surface area contributed by atoms with E-state index in [4.69, 9.17) is 23.2 Å². The lowest BCUT2D eigenvalue weighted by molar-refractivity contribution is 0.175. The van der Waals surface area contributed by atoms with Crippen LogP contribution in [-0.4, -0.2) is 37.1 Å². The zero-order valence-electron chi connectivity index (χ0n) is 17.0. The minimum absolute atomic E-state index is 0.605. The molecule has 27 heavy (non-hydrogen) atoms. The van der Waals surface area contributed by atoms with Crippen molar-refractivity contribution in [3.05, 3.63) is 33.8 Å². The molecule has 152 valence electrons. The molecule has 0 radical (unpaired) electrons. The second-order valence-electron chi connectivity index (χ2n) is 8.99. The van der Waals surface area contributed by atoms with Gasteiger partial charge in [0.15, 0.2) is 0 Å². The van der Waals surface area contributed by atoms with Crippen LogP contribution < -0.4 is 5.32 Å². The van der Waals surface area contributed by atoms with Crippen LogP contribution in [0.4, 0.5) is 0 Å². The lowest BCUT2D eigenvalue weighted by Gasteiger charge is -2.36. The Labute approximate surface area is 176 Å². The van der Waals surface area contributed by atoms with Crippen molar-refractivity contribution in [3.8, 4) is 0 Å². The molecule has 1 saturated heterocycles. The van der Waals surface area contributed by atoms with E-state index in [0.29, 0.717) is 27.9 Å². The van der Waals surface area contributed by atoms with E-state index in [1.807, 2.05) is 6.07 Å². The highest BCUT2D eigenvalue weighted by Gasteiger charge is 2.24. The predicted octanol–water partition coefficient (Wildman–Crippen LogP) is 6.37. The molecule has 1 aliphatic heterocycles. The van der Waals surface area contributed by atoms with Gasteiger partial charge in [-0.05, 0) is 74.3 Å². The number of nitrogens with one attached hydrogen (secondary N) is 1. The van der Waals surface area contributed by atoms with E-state index in [9.17, 15) is 0 Å². The topological polar surface area (TPSA) is 15.3 Å². The van der Waals surface area contributed by atoms with E-state index in [1.165, 1.54) is 76.7 Å². The summed E-state index contributed by atoms with van der Waals surface area (Å²) in [5.74, 6) is 2.28. The molecule has 0 amide bonds. The van der Waals surface area contributed by atoms with Crippen molar-refractivity contribution in [2.45, 2.75) is 70.8 Å². The molecule has 1 heterocycles. The number of rotatable bonds is 8. The van der Waals surface area contributed by atoms with Gasteiger partial charge in [-0.3, -0.25) is 0 Å². The number of piperidine rings is 1. The minimum atomic E-state index is 0.605. The number of hydrogen-bond donors (Lipinski definition) is 1. The van der Waals surface area contributed by atoms with Gasteiger partial charge in [0.1, 0.15) is 0 Å². The molecule has 2 fully saturated rings. The second-order valence-corrected chi connectivity index (χ2v) is 9.81. The fourth-order valence-corrected chi connectivity index (χ4v) is 5.08. The van der Waals surface area contributed by atoms with Gasteiger partial charge in [0.05, 0.1) is 10.0 Å². The number of benzene rings is 1. The van der Waals surface area contributed by atoms with E-state index in [2.05, 4.69) is 36.2 Å². The van der Waals surface area contributed by atoms with Crippen LogP contribution in [0.25, 0.3) is 0 Å². The van der Waals surface area contributed by atoms with Gasteiger partial charge < -0.3 is 10.2 Å². The maximum atomic E-state index is 6.21. The van der Waals surface area contributed by atoms with Gasteiger partial charge >= 0.3 is 0 Å². The van der Waals surface area contributed by atoms with Crippen molar-refractivity contribution >= 4 is 23.2 Å². The molecule has 1 aromatic carbocycles. The number of nitrogens with zero attached hydrogens (tertiary/aromatic N) is 1. The van der Waals surface area contributed by atoms with E-state index in [0.717, 1.165) is 5.92 Å². The van der Waals surface area contributed by atoms with Crippen molar-refractivity contribution in [2.75, 3.05) is 26.2 Å². The standard InChI is InChI=1S/C23H36Cl2N2/c1-17(2)23(26-12-9-18-5-3-4-6-18)16-27-13-10-19(11-14-27)20-7-8-21(24)22(25)15-20/h7-8,15,17-19,23,26H,3-6,9-14,16H2,1-2H3/t23-/m0/s1. The van der Waals surface area contributed by atoms with Crippen molar-refractivity contribution in [1.29, 1.82) is 0 Å². The molecule has 3 rings (SSSR count). The van der Waals surface area contributed by atoms with Crippen LogP contribution in [0, 0.1) is 11.8 Å². The highest BCUT2D eigenvalue weighted by Crippen LogP contribution is 2.32. The van der Waals surface area contributed by atoms with Crippen LogP contribution in [0.3, 0.4) is 0 Å². The zero-order chi connectivity index (χ0) is 19.2. The van der Waals surface area contributed by atoms with Crippen molar-refractivity contribution in [3.63, 3.8) is 0 Å². The maximum absolute atomic E-state index is 6.21. The average Bonchev–Trinajstić information content (AvgIpc) is 3.17. The summed E-state index contributed by atoms with van der Waals surface area (Å²) in [4.78, 5) is 2.65. The first-order valence-electron chi connectivity index (χ1n) is 10.9. The van der Waals surface area contributed by atoms with Gasteiger partial charge in [0, 0.05) is 12.6 Å². The molecule has 4 heteroatoms. The third-order valence-electron chi connectivity index (χ3n) is 6.70. The minimum Gasteiger partial charge on any atom is -0.312 e. The smallest absolute Gasteiger partial charge is 0.0595 e. The molecule has 2 nitrogen and oxygen atoms in total. The molecule has 1 aromatic rings. The lowest BCUT2D eigenvalue weighted by atomic mass is 9.89. The molecule has 2 aliphatic rings. The highest BCUT2D eigenvalue weighted by atomic mass is 35.5. The Bertz CT molecular complexity index is 576. The summed E-state index contributed by atoms with van der Waals surface area (Å²) in [6.45, 7) is 9.44. The molecule has 0 aromatic heterocycles. The van der Waals surface area contributed by atoms with Crippen LogP contribution in [0.2, 0.25) is 10.0 Å². The summed E-state index contributed by atoms with van der Waals surface area (Å²) in [6.07, 6.45) is 9.60. The van der Waals surface area contributed by atoms with E-state index in [-0.39, 0.29) is 0 Å². The summed E-state index contributed by atoms with van der Waals surface area (Å²) in [7, 11) is 0. The van der Waals surface area contributed by atoms with Crippen molar-refractivity contribution in [2.24, 2.45) is 11.8 Å². The van der Waals surface area contributed by atoms with E-state index >= 15 is 0 Å². The molecule has 0 bridgehead atoms. The van der Waals surface area contributed by atoms with Crippen LogP contribution >= 0.6 is 23.2 Å². The zero-order valence-corrected chi connectivity index (χ0v) is 18.5. The molecule has 0 unspecified atom stereocenters. The van der Waals surface area contributed by atoms with Gasteiger partial charge in [0.2, 0.25) is 0 Å². The van der Waals surface area contributed by atoms with E-state index in [1.54, 1.807) is 0 Å². The molecule has 1 atom stereocenters. The first-order chi connectivity index (χ1) is 13.0. The fraction of sp³-hybridized carbons (Fsp3) is 0.739. The lowest BCUT2D eigenvalue weighted by Crippen LogP contribution is -2.47. The molecule has 0 spiro atoms. The summed E-state index contributed by atoms with van der Waals surface area (Å²) < 4.78 is 0. The summed E-state index contributed by atoms with van der Waals surface area (Å²) in [5, 5.41) is 5.21. The van der Waals surface area contributed by atoms with Crippen LogP contribution in [0.15, 0.2) is 18.2 Å². The van der Waals surface area contributed by atoms with Crippen LogP contribution in [0.1, 0.15) is 70.3 Å². The molecule has 1 N–H and O–H groups in total. The molecule has 1 saturated carbocycles. The summed E-state index contributed by atoms with van der Waals surface area (Å²) in [6, 6.07) is 6.75. The normalized spacial score (nSPS) is 21.2. The van der Waals surface area contributed by atoms with E-state index < -0.39 is 0 Å². The van der Waals surface area contributed by atoms with Crippen molar-refractivity contribution < 1.29 is 0 Å². The Morgan fingerprint density at radius 2 is 1.74 bits per heavy atom. The summed E-state index contributed by atoms with van der Waals surface area (Å²) >= 11 is 12.3. The summed E-state index contributed by atoms with van der Waals surface area (Å²) in [5.41, 5.74) is 1.35. The predicted molar refractivity (Wildman–Crippen MR) is 118 cm³/mol. The highest BCUT2D eigenvalue weighted by molar-refractivity contribution is 6.42. The largest absolute Gasteiger partial charge is 0.312 e. The Balaban J connectivity index is 1.43. The average molecular weight is 411 g/mol. The van der Waals surface area contributed by atoms with Crippen LogP contribution in [0.5, 0.6) is 0 Å². The third-order valence-corrected chi connectivity index (χ3v) is 7.44. The van der Waals surface area contributed by atoms with Gasteiger partial charge in [-0.15, -0.1) is 0 Å². The van der Waals surface area contributed by atoms with Gasteiger partial charge in [-0.2, -0.15) is 0 Å². The van der Waals surface area contributed by atoms with Gasteiger partial charge in [0.25, 0.3) is 0 Å². The number of halogens is 2. The number of likely N-dealkylation sites (tertiary alicyclic amines) is 1. The monoisotopic (exact) mass is 410 g/mol. The maximum Gasteiger partial charge on any atom is 0.0595 e. The number of hydrogen-bond acceptors (Lipinski definition) is 2. The van der Waals surface area contributed by atoms with Crippen molar-refractivity contribution in [1.82, 2.24) is 10.2 Å². The van der Waals surface area contributed by atoms with Gasteiger partial charge in [-0.1, -0.05) is 68.8 Å². The Hall–Kier alpha value is -0.280. The Morgan fingerprint density at radius 1 is 1.04 bits per heavy atom. The van der Waals surface area contributed by atoms with Crippen LogP contribution in [-0.2, 0) is 0 Å². The second kappa shape index (κ2) is 10.5. The quantitative estimate of drug-likeness (QED) is 0.535. The molecular formula is C23H36Cl2N2.